The van der Waals surface area contributed by atoms with Crippen molar-refractivity contribution in [2.75, 3.05) is 0 Å². The number of rotatable bonds is 3. The van der Waals surface area contributed by atoms with Crippen LogP contribution in [-0.4, -0.2) is 31.0 Å². The Hall–Kier alpha value is -6.39. The summed E-state index contributed by atoms with van der Waals surface area (Å²) >= 11 is 0. The van der Waals surface area contributed by atoms with Crippen molar-refractivity contribution >= 4 is 87.0 Å². The number of hydrogen-bond acceptors (Lipinski definition) is 4. The van der Waals surface area contributed by atoms with Crippen LogP contribution >= 0.6 is 0 Å². The van der Waals surface area contributed by atoms with Crippen LogP contribution in [0.15, 0.2) is 126 Å². The SMILES string of the molecule is Bc1c(O)c(B)c(O)c(-c2c3ccccc3c(-c3cccc4oc5ccc(-c6cc7c(c8ccccc68)C=CCC7)cc5c34)c3ccccc23)c1O. The van der Waals surface area contributed by atoms with Gasteiger partial charge in [-0.2, -0.15) is 0 Å². The van der Waals surface area contributed by atoms with Gasteiger partial charge < -0.3 is 19.7 Å². The third-order valence-corrected chi connectivity index (χ3v) is 11.2. The highest BCUT2D eigenvalue weighted by Gasteiger charge is 2.26. The molecule has 1 aliphatic carbocycles. The Bertz CT molecular complexity index is 2940. The van der Waals surface area contributed by atoms with Crippen molar-refractivity contribution < 1.29 is 19.7 Å². The lowest BCUT2D eigenvalue weighted by molar-refractivity contribution is 0.442. The van der Waals surface area contributed by atoms with Crippen LogP contribution in [0, 0.1) is 0 Å². The van der Waals surface area contributed by atoms with Crippen LogP contribution in [0.3, 0.4) is 0 Å². The topological polar surface area (TPSA) is 73.8 Å². The van der Waals surface area contributed by atoms with Gasteiger partial charge in [0.1, 0.15) is 44.1 Å². The van der Waals surface area contributed by atoms with E-state index in [2.05, 4.69) is 78.9 Å². The van der Waals surface area contributed by atoms with Crippen molar-refractivity contribution in [2.45, 2.75) is 12.8 Å². The smallest absolute Gasteiger partial charge is 0.149 e. The first kappa shape index (κ1) is 30.4. The van der Waals surface area contributed by atoms with Crippen molar-refractivity contribution in [3.63, 3.8) is 0 Å². The predicted molar refractivity (Wildman–Crippen MR) is 221 cm³/mol. The molecule has 246 valence electrons. The van der Waals surface area contributed by atoms with Gasteiger partial charge in [-0.05, 0) is 114 Å². The molecule has 0 unspecified atom stereocenters. The number of phenolic OH excluding ortho intramolecular Hbond substituents is 3. The van der Waals surface area contributed by atoms with E-state index < -0.39 is 0 Å². The molecule has 0 saturated heterocycles. The van der Waals surface area contributed by atoms with E-state index in [-0.39, 0.29) is 17.2 Å². The number of aromatic hydroxyl groups is 3. The van der Waals surface area contributed by atoms with Crippen molar-refractivity contribution in [1.82, 2.24) is 0 Å². The van der Waals surface area contributed by atoms with Gasteiger partial charge in [-0.15, -0.1) is 0 Å². The van der Waals surface area contributed by atoms with E-state index in [0.29, 0.717) is 16.5 Å². The van der Waals surface area contributed by atoms with Gasteiger partial charge in [0, 0.05) is 16.3 Å². The van der Waals surface area contributed by atoms with Crippen LogP contribution in [0.25, 0.3) is 93.7 Å². The predicted octanol–water partition coefficient (Wildman–Crippen LogP) is 8.64. The number of allylic oxidation sites excluding steroid dienone is 1. The van der Waals surface area contributed by atoms with Gasteiger partial charge in [0.2, 0.25) is 0 Å². The Kier molecular flexibility index (Phi) is 6.62. The molecule has 8 aromatic carbocycles. The summed E-state index contributed by atoms with van der Waals surface area (Å²) in [6.07, 6.45) is 6.62. The normalized spacial score (nSPS) is 12.8. The molecule has 0 amide bonds. The fourth-order valence-electron chi connectivity index (χ4n) is 8.66. The van der Waals surface area contributed by atoms with Gasteiger partial charge in [0.25, 0.3) is 0 Å². The van der Waals surface area contributed by atoms with Crippen LogP contribution in [0.4, 0.5) is 0 Å². The van der Waals surface area contributed by atoms with Crippen LogP contribution in [0.2, 0.25) is 0 Å². The second kappa shape index (κ2) is 11.3. The molecule has 1 heterocycles. The Morgan fingerprint density at radius 2 is 1.12 bits per heavy atom. The van der Waals surface area contributed by atoms with Gasteiger partial charge >= 0.3 is 0 Å². The number of benzene rings is 8. The second-order valence-electron chi connectivity index (χ2n) is 14.0. The molecule has 1 aliphatic rings. The van der Waals surface area contributed by atoms with Crippen LogP contribution in [0.5, 0.6) is 17.2 Å². The number of hydrogen-bond donors (Lipinski definition) is 3. The Morgan fingerprint density at radius 1 is 0.500 bits per heavy atom. The van der Waals surface area contributed by atoms with Gasteiger partial charge in [-0.3, -0.25) is 0 Å². The summed E-state index contributed by atoms with van der Waals surface area (Å²) in [5, 5.41) is 42.0. The number of furan rings is 1. The molecule has 0 aliphatic heterocycles. The molecular formula is C46H32B2O4. The molecule has 0 saturated carbocycles. The molecule has 0 bridgehead atoms. The number of fused-ring (bicyclic) bond motifs is 8. The maximum atomic E-state index is 11.5. The number of phenols is 3. The Morgan fingerprint density at radius 3 is 1.79 bits per heavy atom. The highest BCUT2D eigenvalue weighted by Crippen LogP contribution is 2.50. The van der Waals surface area contributed by atoms with E-state index in [1.165, 1.54) is 27.5 Å². The first-order valence-corrected chi connectivity index (χ1v) is 17.8. The first-order valence-electron chi connectivity index (χ1n) is 17.8. The molecule has 3 N–H and O–H groups in total. The largest absolute Gasteiger partial charge is 0.509 e. The maximum Gasteiger partial charge on any atom is 0.149 e. The van der Waals surface area contributed by atoms with E-state index >= 15 is 0 Å². The molecule has 0 spiro atoms. The summed E-state index contributed by atoms with van der Waals surface area (Å²) in [5.41, 5.74) is 10.5. The molecule has 0 atom stereocenters. The lowest BCUT2D eigenvalue weighted by Crippen LogP contribution is -2.17. The quantitative estimate of drug-likeness (QED) is 0.130. The zero-order valence-corrected chi connectivity index (χ0v) is 28.8. The molecule has 4 nitrogen and oxygen atoms in total. The highest BCUT2D eigenvalue weighted by atomic mass is 16.3. The van der Waals surface area contributed by atoms with Gasteiger partial charge in [-0.25, -0.2) is 0 Å². The summed E-state index contributed by atoms with van der Waals surface area (Å²) in [7, 11) is 3.34. The highest BCUT2D eigenvalue weighted by molar-refractivity contribution is 6.45. The summed E-state index contributed by atoms with van der Waals surface area (Å²) < 4.78 is 6.57. The van der Waals surface area contributed by atoms with Crippen molar-refractivity contribution in [2.24, 2.45) is 0 Å². The average molecular weight is 670 g/mol. The number of aryl methyl sites for hydroxylation is 1. The molecule has 10 rings (SSSR count). The summed E-state index contributed by atoms with van der Waals surface area (Å²) in [6.45, 7) is 0. The molecule has 0 fully saturated rings. The molecule has 0 radical (unpaired) electrons. The molecule has 6 heteroatoms. The van der Waals surface area contributed by atoms with Gasteiger partial charge in [0.15, 0.2) is 0 Å². The van der Waals surface area contributed by atoms with Crippen LogP contribution in [0.1, 0.15) is 17.5 Å². The minimum absolute atomic E-state index is 0.109. The minimum atomic E-state index is -0.134. The van der Waals surface area contributed by atoms with E-state index in [9.17, 15) is 15.3 Å². The van der Waals surface area contributed by atoms with Crippen LogP contribution < -0.4 is 10.9 Å². The molecular weight excluding hydrogens is 638 g/mol. The Labute approximate surface area is 301 Å². The lowest BCUT2D eigenvalue weighted by Gasteiger charge is -2.21. The lowest BCUT2D eigenvalue weighted by atomic mass is 9.78. The monoisotopic (exact) mass is 670 g/mol. The maximum absolute atomic E-state index is 11.5. The van der Waals surface area contributed by atoms with E-state index in [1.807, 2.05) is 48.5 Å². The van der Waals surface area contributed by atoms with E-state index in [1.54, 1.807) is 15.7 Å². The summed E-state index contributed by atoms with van der Waals surface area (Å²) in [6, 6.07) is 40.2. The summed E-state index contributed by atoms with van der Waals surface area (Å²) in [5.74, 6) is -0.378. The third-order valence-electron chi connectivity index (χ3n) is 11.2. The standard InChI is InChI=1S/C46H32B2O4/c47-42-44(49)41(45(50)43(48)46(42)51)40-31-16-7-5-14-29(31)38(30-15-6-8-17-32(30)40)33-18-9-19-37-39(33)35-23-25(20-21-36(35)52-37)34-22-24-10-1-2-11-26(24)27-12-3-4-13-28(27)34/h2-9,11-23,49-51H,1,10,47-48H2. The van der Waals surface area contributed by atoms with Crippen molar-refractivity contribution in [3.05, 3.63) is 132 Å². The summed E-state index contributed by atoms with van der Waals surface area (Å²) in [4.78, 5) is 0. The molecule has 52 heavy (non-hydrogen) atoms. The van der Waals surface area contributed by atoms with Gasteiger partial charge in [-0.1, -0.05) is 103 Å². The first-order chi connectivity index (χ1) is 25.4. The molecule has 1 aromatic heterocycles. The third kappa shape index (κ3) is 4.24. The minimum Gasteiger partial charge on any atom is -0.509 e. The molecule has 9 aromatic rings. The average Bonchev–Trinajstić information content (AvgIpc) is 3.57. The zero-order chi connectivity index (χ0) is 35.2. The van der Waals surface area contributed by atoms with Crippen LogP contribution in [-0.2, 0) is 6.42 Å². The van der Waals surface area contributed by atoms with Crippen molar-refractivity contribution in [1.29, 1.82) is 0 Å². The fraction of sp³-hybridized carbons (Fsp3) is 0.0435. The van der Waals surface area contributed by atoms with E-state index in [0.717, 1.165) is 78.6 Å². The second-order valence-corrected chi connectivity index (χ2v) is 14.0. The van der Waals surface area contributed by atoms with Gasteiger partial charge in [0.05, 0.1) is 5.56 Å². The zero-order valence-electron chi connectivity index (χ0n) is 28.8. The van der Waals surface area contributed by atoms with E-state index in [4.69, 9.17) is 4.42 Å². The fourth-order valence-corrected chi connectivity index (χ4v) is 8.66. The van der Waals surface area contributed by atoms with Crippen molar-refractivity contribution in [3.8, 4) is 50.6 Å². The Balaban J connectivity index is 1.29.